The SMILES string of the molecule is CSCCC(=O)N(C)c1sc(-c2ccc[n+]([O-])c2)nc1Cl. The molecular formula is C13H14ClN3O2S2. The Hall–Kier alpha value is -1.31. The molecule has 2 rings (SSSR count). The van der Waals surface area contributed by atoms with Gasteiger partial charge in [-0.1, -0.05) is 22.9 Å². The van der Waals surface area contributed by atoms with E-state index in [4.69, 9.17) is 11.6 Å². The van der Waals surface area contributed by atoms with Crippen LogP contribution in [0, 0.1) is 5.21 Å². The maximum absolute atomic E-state index is 12.0. The van der Waals surface area contributed by atoms with Gasteiger partial charge in [0.1, 0.15) is 10.0 Å². The van der Waals surface area contributed by atoms with Gasteiger partial charge in [0.2, 0.25) is 5.91 Å². The Kier molecular flexibility index (Phi) is 5.44. The predicted octanol–water partition coefficient (Wildman–Crippen LogP) is 2.81. The van der Waals surface area contributed by atoms with Gasteiger partial charge in [-0.2, -0.15) is 16.5 Å². The molecule has 0 spiro atoms. The number of carbonyl (C=O) groups is 1. The summed E-state index contributed by atoms with van der Waals surface area (Å²) in [6.07, 6.45) is 5.23. The molecule has 112 valence electrons. The van der Waals surface area contributed by atoms with Crippen LogP contribution in [-0.2, 0) is 4.79 Å². The predicted molar refractivity (Wildman–Crippen MR) is 87.9 cm³/mol. The molecule has 0 aromatic carbocycles. The standard InChI is InChI=1S/C13H14ClN3O2S2/c1-16(10(18)5-7-20-2)13-11(14)15-12(21-13)9-4-3-6-17(19)8-9/h3-4,6,8H,5,7H2,1-2H3. The molecule has 1 amide bonds. The third-order valence-corrected chi connectivity index (χ3v) is 4.96. The van der Waals surface area contributed by atoms with E-state index in [1.54, 1.807) is 30.9 Å². The van der Waals surface area contributed by atoms with Crippen molar-refractivity contribution in [1.82, 2.24) is 4.98 Å². The third-order valence-electron chi connectivity index (χ3n) is 2.79. The first-order valence-electron chi connectivity index (χ1n) is 6.14. The molecule has 0 radical (unpaired) electrons. The first-order chi connectivity index (χ1) is 10.0. The molecule has 0 aliphatic heterocycles. The lowest BCUT2D eigenvalue weighted by molar-refractivity contribution is -0.604. The van der Waals surface area contributed by atoms with Crippen molar-refractivity contribution in [1.29, 1.82) is 0 Å². The molecule has 0 aliphatic carbocycles. The minimum absolute atomic E-state index is 0.00611. The molecular weight excluding hydrogens is 330 g/mol. The number of amides is 1. The first-order valence-corrected chi connectivity index (χ1v) is 8.72. The topological polar surface area (TPSA) is 60.1 Å². The maximum Gasteiger partial charge on any atom is 0.228 e. The molecule has 8 heteroatoms. The van der Waals surface area contributed by atoms with Gasteiger partial charge in [0.15, 0.2) is 17.5 Å². The van der Waals surface area contributed by atoms with Gasteiger partial charge in [0.25, 0.3) is 0 Å². The van der Waals surface area contributed by atoms with E-state index in [0.717, 1.165) is 5.75 Å². The molecule has 0 bridgehead atoms. The molecule has 0 saturated heterocycles. The van der Waals surface area contributed by atoms with E-state index in [9.17, 15) is 10.0 Å². The highest BCUT2D eigenvalue weighted by molar-refractivity contribution is 7.98. The van der Waals surface area contributed by atoms with Crippen LogP contribution in [0.1, 0.15) is 6.42 Å². The van der Waals surface area contributed by atoms with E-state index in [2.05, 4.69) is 4.98 Å². The van der Waals surface area contributed by atoms with Crippen LogP contribution in [0.3, 0.4) is 0 Å². The molecule has 2 aromatic heterocycles. The van der Waals surface area contributed by atoms with Crippen molar-refractivity contribution in [3.8, 4) is 10.6 Å². The Bertz CT molecular complexity index is 648. The fraction of sp³-hybridized carbons (Fsp3) is 0.308. The van der Waals surface area contributed by atoms with Gasteiger partial charge in [-0.25, -0.2) is 4.98 Å². The summed E-state index contributed by atoms with van der Waals surface area (Å²) >= 11 is 9.04. The monoisotopic (exact) mass is 343 g/mol. The third kappa shape index (κ3) is 3.87. The summed E-state index contributed by atoms with van der Waals surface area (Å²) in [6, 6.07) is 3.42. The van der Waals surface area contributed by atoms with Crippen LogP contribution in [0.4, 0.5) is 5.00 Å². The number of carbonyl (C=O) groups excluding carboxylic acids is 1. The Balaban J connectivity index is 2.25. The summed E-state index contributed by atoms with van der Waals surface area (Å²) < 4.78 is 0.706. The average Bonchev–Trinajstić information content (AvgIpc) is 2.86. The summed E-state index contributed by atoms with van der Waals surface area (Å²) in [5.74, 6) is 0.759. The first kappa shape index (κ1) is 16.1. The van der Waals surface area contributed by atoms with Crippen LogP contribution in [0.2, 0.25) is 5.15 Å². The fourth-order valence-corrected chi connectivity index (χ4v) is 3.36. The molecule has 0 N–H and O–H groups in total. The number of rotatable bonds is 5. The number of hydrogen-bond acceptors (Lipinski definition) is 5. The molecule has 0 unspecified atom stereocenters. The van der Waals surface area contributed by atoms with E-state index in [1.807, 2.05) is 6.26 Å². The van der Waals surface area contributed by atoms with Gasteiger partial charge in [0, 0.05) is 25.3 Å². The van der Waals surface area contributed by atoms with Crippen LogP contribution >= 0.6 is 34.7 Å². The van der Waals surface area contributed by atoms with Crippen molar-refractivity contribution in [2.45, 2.75) is 6.42 Å². The molecule has 0 aliphatic rings. The highest BCUT2D eigenvalue weighted by Gasteiger charge is 2.19. The van der Waals surface area contributed by atoms with Crippen molar-refractivity contribution in [2.24, 2.45) is 0 Å². The van der Waals surface area contributed by atoms with Gasteiger partial charge in [0.05, 0.1) is 5.56 Å². The van der Waals surface area contributed by atoms with Crippen LogP contribution in [0.5, 0.6) is 0 Å². The number of thioether (sulfide) groups is 1. The molecule has 0 saturated carbocycles. The van der Waals surface area contributed by atoms with Gasteiger partial charge in [-0.3, -0.25) is 4.79 Å². The second-order valence-electron chi connectivity index (χ2n) is 4.26. The number of halogens is 1. The molecule has 2 heterocycles. The molecule has 0 fully saturated rings. The smallest absolute Gasteiger partial charge is 0.228 e. The molecule has 2 aromatic rings. The van der Waals surface area contributed by atoms with Gasteiger partial charge in [-0.05, 0) is 12.3 Å². The Labute approximate surface area is 136 Å². The average molecular weight is 344 g/mol. The highest BCUT2D eigenvalue weighted by atomic mass is 35.5. The van der Waals surface area contributed by atoms with Crippen molar-refractivity contribution in [3.05, 3.63) is 34.9 Å². The van der Waals surface area contributed by atoms with Gasteiger partial charge in [-0.15, -0.1) is 0 Å². The zero-order valence-corrected chi connectivity index (χ0v) is 14.0. The Morgan fingerprint density at radius 2 is 2.38 bits per heavy atom. The minimum Gasteiger partial charge on any atom is -0.619 e. The Morgan fingerprint density at radius 1 is 1.62 bits per heavy atom. The van der Waals surface area contributed by atoms with E-state index in [-0.39, 0.29) is 11.1 Å². The van der Waals surface area contributed by atoms with Crippen LogP contribution in [-0.4, -0.2) is 29.9 Å². The van der Waals surface area contributed by atoms with Gasteiger partial charge >= 0.3 is 0 Å². The van der Waals surface area contributed by atoms with Crippen molar-refractivity contribution in [3.63, 3.8) is 0 Å². The lowest BCUT2D eigenvalue weighted by Gasteiger charge is -2.14. The number of hydrogen-bond donors (Lipinski definition) is 0. The van der Waals surface area contributed by atoms with Crippen LogP contribution in [0.25, 0.3) is 10.6 Å². The second-order valence-corrected chi connectivity index (χ2v) is 6.58. The number of pyridine rings is 1. The van der Waals surface area contributed by atoms with Crippen molar-refractivity contribution in [2.75, 3.05) is 24.0 Å². The van der Waals surface area contributed by atoms with Crippen molar-refractivity contribution >= 4 is 45.6 Å². The second kappa shape index (κ2) is 7.11. The zero-order valence-electron chi connectivity index (χ0n) is 11.6. The number of aromatic nitrogens is 2. The fourth-order valence-electron chi connectivity index (χ4n) is 1.68. The Morgan fingerprint density at radius 3 is 3.05 bits per heavy atom. The van der Waals surface area contributed by atoms with Crippen molar-refractivity contribution < 1.29 is 9.52 Å². The van der Waals surface area contributed by atoms with E-state index >= 15 is 0 Å². The summed E-state index contributed by atoms with van der Waals surface area (Å²) in [4.78, 5) is 17.8. The molecule has 0 atom stereocenters. The normalized spacial score (nSPS) is 10.6. The largest absolute Gasteiger partial charge is 0.619 e. The quantitative estimate of drug-likeness (QED) is 0.618. The summed E-state index contributed by atoms with van der Waals surface area (Å²) in [5, 5.41) is 12.8. The number of nitrogens with zero attached hydrogens (tertiary/aromatic N) is 3. The number of anilines is 1. The highest BCUT2D eigenvalue weighted by Crippen LogP contribution is 2.36. The summed E-state index contributed by atoms with van der Waals surface area (Å²) in [7, 11) is 1.69. The van der Waals surface area contributed by atoms with Crippen LogP contribution < -0.4 is 9.63 Å². The van der Waals surface area contributed by atoms with Crippen LogP contribution in [0.15, 0.2) is 24.5 Å². The molecule has 5 nitrogen and oxygen atoms in total. The summed E-state index contributed by atoms with van der Waals surface area (Å²) in [5.41, 5.74) is 0.676. The van der Waals surface area contributed by atoms with E-state index in [1.165, 1.54) is 28.6 Å². The minimum atomic E-state index is -0.00611. The zero-order chi connectivity index (χ0) is 15.4. The lowest BCUT2D eigenvalue weighted by Crippen LogP contribution is -2.25. The lowest BCUT2D eigenvalue weighted by atomic mass is 10.3. The maximum atomic E-state index is 12.0. The van der Waals surface area contributed by atoms with E-state index in [0.29, 0.717) is 26.7 Å². The number of thiazole rings is 1. The van der Waals surface area contributed by atoms with E-state index < -0.39 is 0 Å². The molecule has 21 heavy (non-hydrogen) atoms. The van der Waals surface area contributed by atoms with Gasteiger partial charge < -0.3 is 10.1 Å². The summed E-state index contributed by atoms with van der Waals surface area (Å²) in [6.45, 7) is 0.